The van der Waals surface area contributed by atoms with E-state index < -0.39 is 11.1 Å². The van der Waals surface area contributed by atoms with E-state index in [-0.39, 0.29) is 17.5 Å². The summed E-state index contributed by atoms with van der Waals surface area (Å²) in [5.41, 5.74) is 1.60. The molecule has 0 aromatic heterocycles. The highest BCUT2D eigenvalue weighted by Gasteiger charge is 2.34. The van der Waals surface area contributed by atoms with Crippen LogP contribution in [0.2, 0.25) is 0 Å². The zero-order valence-corrected chi connectivity index (χ0v) is 15.7. The molecule has 0 aliphatic carbocycles. The molecule has 1 atom stereocenters. The predicted molar refractivity (Wildman–Crippen MR) is 107 cm³/mol. The summed E-state index contributed by atoms with van der Waals surface area (Å²) < 4.78 is 13.3. The first kappa shape index (κ1) is 18.8. The van der Waals surface area contributed by atoms with Crippen LogP contribution < -0.4 is 10.2 Å². The highest BCUT2D eigenvalue weighted by Crippen LogP contribution is 2.31. The van der Waals surface area contributed by atoms with Gasteiger partial charge in [0.1, 0.15) is 11.5 Å². The average Bonchev–Trinajstić information content (AvgIpc) is 2.97. The van der Waals surface area contributed by atoms with E-state index in [1.807, 2.05) is 30.3 Å². The minimum Gasteiger partial charge on any atom is -0.358 e. The molecule has 138 valence electrons. The second kappa shape index (κ2) is 8.18. The number of aliphatic imine (C=N–C) groups is 1. The maximum absolute atomic E-state index is 13.3. The minimum atomic E-state index is -0.444. The zero-order valence-electron chi connectivity index (χ0n) is 14.8. The van der Waals surface area contributed by atoms with Crippen molar-refractivity contribution in [2.24, 2.45) is 4.99 Å². The fourth-order valence-electron chi connectivity index (χ4n) is 2.52. The van der Waals surface area contributed by atoms with E-state index in [1.165, 1.54) is 40.9 Å². The summed E-state index contributed by atoms with van der Waals surface area (Å²) in [6.45, 7) is 1.73. The molecule has 2 aromatic rings. The second-order valence-corrected chi connectivity index (χ2v) is 7.13. The SMILES string of the molecule is CNC(=O)C(C)SC1=NC(=Cc2ccccc2)C(=O)N1c1ccc(F)cc1. The highest BCUT2D eigenvalue weighted by molar-refractivity contribution is 8.15. The van der Waals surface area contributed by atoms with Crippen molar-refractivity contribution in [3.8, 4) is 0 Å². The summed E-state index contributed by atoms with van der Waals surface area (Å²) >= 11 is 1.17. The fourth-order valence-corrected chi connectivity index (χ4v) is 3.50. The molecule has 1 aliphatic rings. The van der Waals surface area contributed by atoms with Gasteiger partial charge in [-0.15, -0.1) is 0 Å². The quantitative estimate of drug-likeness (QED) is 0.823. The lowest BCUT2D eigenvalue weighted by Gasteiger charge is -2.19. The fraction of sp³-hybridized carbons (Fsp3) is 0.150. The number of rotatable bonds is 4. The monoisotopic (exact) mass is 383 g/mol. The summed E-state index contributed by atoms with van der Waals surface area (Å²) in [7, 11) is 1.56. The van der Waals surface area contributed by atoms with Gasteiger partial charge in [0.25, 0.3) is 5.91 Å². The number of anilines is 1. The van der Waals surface area contributed by atoms with E-state index in [2.05, 4.69) is 10.3 Å². The number of hydrogen-bond acceptors (Lipinski definition) is 4. The highest BCUT2D eigenvalue weighted by atomic mass is 32.2. The molecule has 1 N–H and O–H groups in total. The van der Waals surface area contributed by atoms with E-state index in [0.717, 1.165) is 5.56 Å². The molecular weight excluding hydrogens is 365 g/mol. The molecule has 2 aromatic carbocycles. The molecule has 1 heterocycles. The molecule has 1 aliphatic heterocycles. The van der Waals surface area contributed by atoms with Crippen LogP contribution in [0.15, 0.2) is 65.3 Å². The molecule has 2 amide bonds. The van der Waals surface area contributed by atoms with Crippen LogP contribution in [0.3, 0.4) is 0 Å². The Morgan fingerprint density at radius 1 is 1.19 bits per heavy atom. The van der Waals surface area contributed by atoms with Gasteiger partial charge in [-0.05, 0) is 42.8 Å². The maximum atomic E-state index is 13.3. The topological polar surface area (TPSA) is 61.8 Å². The largest absolute Gasteiger partial charge is 0.358 e. The van der Waals surface area contributed by atoms with E-state index in [1.54, 1.807) is 20.0 Å². The van der Waals surface area contributed by atoms with Gasteiger partial charge in [0.15, 0.2) is 5.17 Å². The van der Waals surface area contributed by atoms with E-state index in [0.29, 0.717) is 10.9 Å². The van der Waals surface area contributed by atoms with Gasteiger partial charge in [0.05, 0.1) is 10.9 Å². The lowest BCUT2D eigenvalue weighted by molar-refractivity contribution is -0.119. The number of carbonyl (C=O) groups excluding carboxylic acids is 2. The first-order valence-corrected chi connectivity index (χ1v) is 9.21. The zero-order chi connectivity index (χ0) is 19.4. The number of benzene rings is 2. The number of carbonyl (C=O) groups is 2. The molecule has 0 saturated carbocycles. The molecule has 7 heteroatoms. The number of hydrogen-bond donors (Lipinski definition) is 1. The first-order valence-electron chi connectivity index (χ1n) is 8.33. The summed E-state index contributed by atoms with van der Waals surface area (Å²) in [6.07, 6.45) is 1.69. The van der Waals surface area contributed by atoms with Gasteiger partial charge in [0, 0.05) is 7.05 Å². The maximum Gasteiger partial charge on any atom is 0.283 e. The second-order valence-electron chi connectivity index (χ2n) is 5.83. The molecule has 0 bridgehead atoms. The smallest absolute Gasteiger partial charge is 0.283 e. The van der Waals surface area contributed by atoms with E-state index >= 15 is 0 Å². The van der Waals surface area contributed by atoms with Gasteiger partial charge in [-0.3, -0.25) is 14.5 Å². The standard InChI is InChI=1S/C20H18FN3O2S/c1-13(18(25)22-2)27-20-23-17(12-14-6-4-3-5-7-14)19(26)24(20)16-10-8-15(21)9-11-16/h3-13H,1-2H3,(H,22,25). The number of thioether (sulfide) groups is 1. The lowest BCUT2D eigenvalue weighted by atomic mass is 10.2. The van der Waals surface area contributed by atoms with Crippen LogP contribution in [0.5, 0.6) is 0 Å². The molecular formula is C20H18FN3O2S. The third-order valence-corrected chi connectivity index (χ3v) is 4.97. The van der Waals surface area contributed by atoms with E-state index in [4.69, 9.17) is 0 Å². The molecule has 5 nitrogen and oxygen atoms in total. The van der Waals surface area contributed by atoms with E-state index in [9.17, 15) is 14.0 Å². The van der Waals surface area contributed by atoms with Gasteiger partial charge in [-0.25, -0.2) is 9.38 Å². The Balaban J connectivity index is 1.98. The Hall–Kier alpha value is -2.93. The van der Waals surface area contributed by atoms with Crippen molar-refractivity contribution >= 4 is 40.5 Å². The molecule has 0 spiro atoms. The van der Waals surface area contributed by atoms with Crippen molar-refractivity contribution in [3.63, 3.8) is 0 Å². The number of nitrogens with zero attached hydrogens (tertiary/aromatic N) is 2. The summed E-state index contributed by atoms with van der Waals surface area (Å²) in [5.74, 6) is -0.887. The number of amides is 2. The van der Waals surface area contributed by atoms with Crippen molar-refractivity contribution in [1.82, 2.24) is 5.32 Å². The Bertz CT molecular complexity index is 911. The summed E-state index contributed by atoms with van der Waals surface area (Å²) in [5, 5.41) is 2.52. The molecule has 1 unspecified atom stereocenters. The summed E-state index contributed by atoms with van der Waals surface area (Å²) in [6, 6.07) is 15.0. The lowest BCUT2D eigenvalue weighted by Crippen LogP contribution is -2.34. The first-order chi connectivity index (χ1) is 13.0. The van der Waals surface area contributed by atoms with Crippen LogP contribution in [0.1, 0.15) is 12.5 Å². The molecule has 0 fully saturated rings. The Labute approximate surface area is 161 Å². The van der Waals surface area contributed by atoms with Crippen molar-refractivity contribution in [2.75, 3.05) is 11.9 Å². The van der Waals surface area contributed by atoms with Crippen LogP contribution in [-0.2, 0) is 9.59 Å². The van der Waals surface area contributed by atoms with Crippen molar-refractivity contribution in [2.45, 2.75) is 12.2 Å². The van der Waals surface area contributed by atoms with Crippen LogP contribution >= 0.6 is 11.8 Å². The van der Waals surface area contributed by atoms with Crippen LogP contribution in [0, 0.1) is 5.82 Å². The third kappa shape index (κ3) is 4.25. The Kier molecular flexibility index (Phi) is 5.71. The number of halogens is 1. The van der Waals surface area contributed by atoms with Gasteiger partial charge in [-0.1, -0.05) is 42.1 Å². The van der Waals surface area contributed by atoms with Gasteiger partial charge in [-0.2, -0.15) is 0 Å². The average molecular weight is 383 g/mol. The predicted octanol–water partition coefficient (Wildman–Crippen LogP) is 3.44. The number of amidine groups is 1. The molecule has 27 heavy (non-hydrogen) atoms. The van der Waals surface area contributed by atoms with Crippen molar-refractivity contribution < 1.29 is 14.0 Å². The summed E-state index contributed by atoms with van der Waals surface area (Å²) in [4.78, 5) is 30.7. The molecule has 3 rings (SSSR count). The normalized spacial score (nSPS) is 16.4. The van der Waals surface area contributed by atoms with Crippen LogP contribution in [0.25, 0.3) is 6.08 Å². The Morgan fingerprint density at radius 3 is 2.48 bits per heavy atom. The van der Waals surface area contributed by atoms with Crippen molar-refractivity contribution in [1.29, 1.82) is 0 Å². The van der Waals surface area contributed by atoms with Gasteiger partial charge >= 0.3 is 0 Å². The molecule has 0 radical (unpaired) electrons. The molecule has 0 saturated heterocycles. The minimum absolute atomic E-state index is 0.172. The van der Waals surface area contributed by atoms with Crippen LogP contribution in [-0.4, -0.2) is 29.3 Å². The Morgan fingerprint density at radius 2 is 1.85 bits per heavy atom. The van der Waals surface area contributed by atoms with Crippen LogP contribution in [0.4, 0.5) is 10.1 Å². The van der Waals surface area contributed by atoms with Crippen molar-refractivity contribution in [3.05, 3.63) is 71.7 Å². The van der Waals surface area contributed by atoms with Gasteiger partial charge in [0.2, 0.25) is 5.91 Å². The third-order valence-electron chi connectivity index (χ3n) is 3.92. The van der Waals surface area contributed by atoms with Gasteiger partial charge < -0.3 is 5.32 Å². The number of nitrogens with one attached hydrogen (secondary N) is 1.